The van der Waals surface area contributed by atoms with E-state index in [1.807, 2.05) is 36.0 Å². The first-order valence-electron chi connectivity index (χ1n) is 8.59. The van der Waals surface area contributed by atoms with Crippen molar-refractivity contribution in [1.29, 1.82) is 0 Å². The van der Waals surface area contributed by atoms with E-state index in [9.17, 15) is 9.59 Å². The summed E-state index contributed by atoms with van der Waals surface area (Å²) in [6, 6.07) is 7.83. The molecule has 7 heteroatoms. The Labute approximate surface area is 160 Å². The Morgan fingerprint density at radius 3 is 2.68 bits per heavy atom. The van der Waals surface area contributed by atoms with Gasteiger partial charge in [0.15, 0.2) is 0 Å². The zero-order chi connectivity index (χ0) is 17.4. The van der Waals surface area contributed by atoms with Crippen LogP contribution in [0.2, 0.25) is 0 Å². The van der Waals surface area contributed by atoms with Crippen LogP contribution in [0.25, 0.3) is 0 Å². The van der Waals surface area contributed by atoms with Crippen LogP contribution in [0.3, 0.4) is 0 Å². The lowest BCUT2D eigenvalue weighted by molar-refractivity contribution is -0.126. The van der Waals surface area contributed by atoms with E-state index in [1.54, 1.807) is 4.90 Å². The fraction of sp³-hybridized carbons (Fsp3) is 0.556. The summed E-state index contributed by atoms with van der Waals surface area (Å²) in [5.74, 6) is 1.94. The highest BCUT2D eigenvalue weighted by Crippen LogP contribution is 2.20. The number of piperidine rings is 1. The van der Waals surface area contributed by atoms with E-state index in [0.717, 1.165) is 24.3 Å². The number of nitrogens with one attached hydrogen (secondary N) is 1. The highest BCUT2D eigenvalue weighted by Gasteiger charge is 2.28. The number of nitrogens with zero attached hydrogens (tertiary/aromatic N) is 1. The molecule has 0 bridgehead atoms. The molecule has 2 amide bonds. The average molecular weight is 386 g/mol. The minimum absolute atomic E-state index is 0. The van der Waals surface area contributed by atoms with Crippen LogP contribution in [-0.4, -0.2) is 48.6 Å². The van der Waals surface area contributed by atoms with Gasteiger partial charge in [-0.2, -0.15) is 11.8 Å². The Bertz CT molecular complexity index is 554. The largest absolute Gasteiger partial charge is 0.355 e. The number of likely N-dealkylation sites (tertiary alicyclic amines) is 1. The lowest BCUT2D eigenvalue weighted by atomic mass is 9.96. The number of hydrogen-bond acceptors (Lipinski definition) is 4. The fourth-order valence-electron chi connectivity index (χ4n) is 2.86. The average Bonchev–Trinajstić information content (AvgIpc) is 2.64. The Balaban J connectivity index is 0.00000312. The van der Waals surface area contributed by atoms with Gasteiger partial charge in [-0.25, -0.2) is 0 Å². The molecule has 1 aliphatic rings. The summed E-state index contributed by atoms with van der Waals surface area (Å²) in [5.41, 5.74) is 7.35. The summed E-state index contributed by atoms with van der Waals surface area (Å²) in [7, 11) is 0. The minimum atomic E-state index is -0.130. The van der Waals surface area contributed by atoms with Crippen molar-refractivity contribution in [1.82, 2.24) is 10.2 Å². The second-order valence-corrected chi connectivity index (χ2v) is 7.28. The lowest BCUT2D eigenvalue weighted by Crippen LogP contribution is -2.46. The Morgan fingerprint density at radius 2 is 2.04 bits per heavy atom. The molecule has 5 nitrogen and oxygen atoms in total. The first-order valence-corrected chi connectivity index (χ1v) is 9.75. The minimum Gasteiger partial charge on any atom is -0.355 e. The zero-order valence-corrected chi connectivity index (χ0v) is 16.3. The van der Waals surface area contributed by atoms with Gasteiger partial charge in [0.05, 0.1) is 5.92 Å². The SMILES string of the molecule is CCSCc1ccc(C(=O)N2CCCC(C(=O)NCCN)C2)cc1.Cl. The number of benzene rings is 1. The molecule has 1 heterocycles. The number of halogens is 1. The maximum absolute atomic E-state index is 12.7. The predicted octanol–water partition coefficient (Wildman–Crippen LogP) is 2.29. The molecule has 1 fully saturated rings. The van der Waals surface area contributed by atoms with Crippen LogP contribution in [0, 0.1) is 5.92 Å². The summed E-state index contributed by atoms with van der Waals surface area (Å²) in [5, 5.41) is 2.82. The highest BCUT2D eigenvalue weighted by molar-refractivity contribution is 7.98. The number of rotatable bonds is 7. The third-order valence-corrected chi connectivity index (χ3v) is 5.14. The van der Waals surface area contributed by atoms with Crippen LogP contribution >= 0.6 is 24.2 Å². The number of nitrogens with two attached hydrogens (primary N) is 1. The Morgan fingerprint density at radius 1 is 1.32 bits per heavy atom. The molecular formula is C18H28ClN3O2S. The second-order valence-electron chi connectivity index (χ2n) is 6.00. The van der Waals surface area contributed by atoms with Crippen molar-refractivity contribution in [2.45, 2.75) is 25.5 Å². The summed E-state index contributed by atoms with van der Waals surface area (Å²) >= 11 is 1.86. The van der Waals surface area contributed by atoms with Gasteiger partial charge in [0.2, 0.25) is 5.91 Å². The van der Waals surface area contributed by atoms with Gasteiger partial charge in [-0.3, -0.25) is 9.59 Å². The maximum atomic E-state index is 12.7. The van der Waals surface area contributed by atoms with Crippen LogP contribution < -0.4 is 11.1 Å². The van der Waals surface area contributed by atoms with E-state index < -0.39 is 0 Å². The van der Waals surface area contributed by atoms with Gasteiger partial charge in [-0.1, -0.05) is 19.1 Å². The maximum Gasteiger partial charge on any atom is 0.253 e. The number of carbonyl (C=O) groups is 2. The first kappa shape index (κ1) is 21.8. The van der Waals surface area contributed by atoms with E-state index >= 15 is 0 Å². The number of hydrogen-bond donors (Lipinski definition) is 2. The van der Waals surface area contributed by atoms with Crippen LogP contribution in [0.1, 0.15) is 35.7 Å². The standard InChI is InChI=1S/C18H27N3O2S.ClH/c1-2-24-13-14-5-7-15(8-6-14)18(23)21-11-3-4-16(12-21)17(22)20-10-9-19;/h5-8,16H,2-4,9-13,19H2,1H3,(H,20,22);1H. The number of thioether (sulfide) groups is 1. The van der Waals surface area contributed by atoms with Gasteiger partial charge in [0.1, 0.15) is 0 Å². The van der Waals surface area contributed by atoms with Gasteiger partial charge < -0.3 is 16.0 Å². The van der Waals surface area contributed by atoms with Crippen LogP contribution in [0.4, 0.5) is 0 Å². The molecule has 0 spiro atoms. The lowest BCUT2D eigenvalue weighted by Gasteiger charge is -2.32. The van der Waals surface area contributed by atoms with Crippen molar-refractivity contribution < 1.29 is 9.59 Å². The smallest absolute Gasteiger partial charge is 0.253 e. The van der Waals surface area contributed by atoms with Crippen molar-refractivity contribution in [3.05, 3.63) is 35.4 Å². The van der Waals surface area contributed by atoms with Crippen molar-refractivity contribution in [2.24, 2.45) is 11.7 Å². The monoisotopic (exact) mass is 385 g/mol. The topological polar surface area (TPSA) is 75.4 Å². The fourth-order valence-corrected chi connectivity index (χ4v) is 3.49. The number of carbonyl (C=O) groups excluding carboxylic acids is 2. The van der Waals surface area contributed by atoms with Crippen LogP contribution in [-0.2, 0) is 10.5 Å². The predicted molar refractivity (Wildman–Crippen MR) is 106 cm³/mol. The van der Waals surface area contributed by atoms with Gasteiger partial charge in [-0.15, -0.1) is 12.4 Å². The molecule has 1 saturated heterocycles. The highest BCUT2D eigenvalue weighted by atomic mass is 35.5. The van der Waals surface area contributed by atoms with E-state index in [0.29, 0.717) is 31.7 Å². The molecule has 0 radical (unpaired) electrons. The van der Waals surface area contributed by atoms with Gasteiger partial charge >= 0.3 is 0 Å². The summed E-state index contributed by atoms with van der Waals surface area (Å²) in [6.45, 7) is 4.26. The number of amides is 2. The van der Waals surface area contributed by atoms with Crippen LogP contribution in [0.15, 0.2) is 24.3 Å². The summed E-state index contributed by atoms with van der Waals surface area (Å²) < 4.78 is 0. The zero-order valence-electron chi connectivity index (χ0n) is 14.7. The summed E-state index contributed by atoms with van der Waals surface area (Å²) in [6.07, 6.45) is 1.69. The molecule has 0 aromatic heterocycles. The van der Waals surface area contributed by atoms with Gasteiger partial charge in [0, 0.05) is 37.5 Å². The Hall–Kier alpha value is -1.24. The molecule has 3 N–H and O–H groups in total. The third kappa shape index (κ3) is 6.53. The van der Waals surface area contributed by atoms with Gasteiger partial charge in [-0.05, 0) is 36.3 Å². The normalized spacial score (nSPS) is 16.9. The molecule has 2 rings (SSSR count). The first-order chi connectivity index (χ1) is 11.7. The van der Waals surface area contributed by atoms with Crippen LogP contribution in [0.5, 0.6) is 0 Å². The summed E-state index contributed by atoms with van der Waals surface area (Å²) in [4.78, 5) is 26.6. The van der Waals surface area contributed by atoms with Crippen molar-refractivity contribution in [3.8, 4) is 0 Å². The second kappa shape index (κ2) is 11.4. The van der Waals surface area contributed by atoms with Crippen molar-refractivity contribution in [3.63, 3.8) is 0 Å². The Kier molecular flexibility index (Phi) is 9.93. The van der Waals surface area contributed by atoms with Crippen molar-refractivity contribution in [2.75, 3.05) is 31.9 Å². The molecule has 0 saturated carbocycles. The van der Waals surface area contributed by atoms with E-state index in [2.05, 4.69) is 12.2 Å². The van der Waals surface area contributed by atoms with E-state index in [-0.39, 0.29) is 30.1 Å². The molecule has 1 aromatic carbocycles. The quantitative estimate of drug-likeness (QED) is 0.755. The molecule has 1 atom stereocenters. The van der Waals surface area contributed by atoms with Crippen molar-refractivity contribution >= 4 is 36.0 Å². The molecule has 140 valence electrons. The molecule has 1 aromatic rings. The third-order valence-electron chi connectivity index (χ3n) is 4.20. The molecule has 1 unspecified atom stereocenters. The van der Waals surface area contributed by atoms with E-state index in [4.69, 9.17) is 5.73 Å². The van der Waals surface area contributed by atoms with E-state index in [1.165, 1.54) is 5.56 Å². The molecule has 1 aliphatic heterocycles. The molecule has 25 heavy (non-hydrogen) atoms. The van der Waals surface area contributed by atoms with Gasteiger partial charge in [0.25, 0.3) is 5.91 Å². The molecular weight excluding hydrogens is 358 g/mol. The molecule has 0 aliphatic carbocycles.